The zero-order valence-corrected chi connectivity index (χ0v) is 10.9. The third kappa shape index (κ3) is 1.92. The molecule has 4 rings (SSSR count). The quantitative estimate of drug-likeness (QED) is 0.767. The van der Waals surface area contributed by atoms with E-state index in [1.807, 2.05) is 0 Å². The molecule has 0 saturated heterocycles. The molecule has 1 N–H and O–H groups in total. The van der Waals surface area contributed by atoms with Gasteiger partial charge in [-0.2, -0.15) is 0 Å². The Balaban J connectivity index is 1.59. The molecule has 1 heteroatoms. The van der Waals surface area contributed by atoms with Gasteiger partial charge >= 0.3 is 0 Å². The van der Waals surface area contributed by atoms with Crippen molar-refractivity contribution >= 4 is 0 Å². The van der Waals surface area contributed by atoms with Crippen LogP contribution in [0.4, 0.5) is 0 Å². The van der Waals surface area contributed by atoms with E-state index in [9.17, 15) is 0 Å². The van der Waals surface area contributed by atoms with Crippen molar-refractivity contribution in [2.45, 2.75) is 58.4 Å². The Bertz CT molecular complexity index is 220. The molecule has 0 heterocycles. The number of rotatable bonds is 4. The summed E-state index contributed by atoms with van der Waals surface area (Å²) in [6.07, 6.45) is 9.13. The highest BCUT2D eigenvalue weighted by molar-refractivity contribution is 4.98. The summed E-state index contributed by atoms with van der Waals surface area (Å²) in [4.78, 5) is 0. The summed E-state index contributed by atoms with van der Waals surface area (Å²) in [6, 6.07) is 0.720. The van der Waals surface area contributed by atoms with Gasteiger partial charge in [0.25, 0.3) is 0 Å². The maximum absolute atomic E-state index is 3.76. The molecule has 16 heavy (non-hydrogen) atoms. The monoisotopic (exact) mass is 221 g/mol. The van der Waals surface area contributed by atoms with Gasteiger partial charge in [0.15, 0.2) is 0 Å². The van der Waals surface area contributed by atoms with Gasteiger partial charge in [-0.15, -0.1) is 0 Å². The van der Waals surface area contributed by atoms with E-state index >= 15 is 0 Å². The van der Waals surface area contributed by atoms with Gasteiger partial charge in [0.05, 0.1) is 0 Å². The molecule has 0 aromatic heterocycles. The molecular weight excluding hydrogens is 194 g/mol. The first-order valence-electron chi connectivity index (χ1n) is 7.49. The van der Waals surface area contributed by atoms with Gasteiger partial charge in [-0.25, -0.2) is 0 Å². The van der Waals surface area contributed by atoms with Crippen LogP contribution in [0.5, 0.6) is 0 Å². The smallest absolute Gasteiger partial charge is 0.00362 e. The molecular formula is C15H27N. The van der Waals surface area contributed by atoms with Gasteiger partial charge in [-0.1, -0.05) is 6.92 Å². The van der Waals surface area contributed by atoms with E-state index < -0.39 is 0 Å². The summed E-state index contributed by atoms with van der Waals surface area (Å²) >= 11 is 0. The Morgan fingerprint density at radius 2 is 1.56 bits per heavy atom. The van der Waals surface area contributed by atoms with Crippen LogP contribution in [-0.2, 0) is 0 Å². The van der Waals surface area contributed by atoms with Gasteiger partial charge in [0.2, 0.25) is 0 Å². The molecule has 92 valence electrons. The van der Waals surface area contributed by atoms with Crippen LogP contribution in [0.1, 0.15) is 52.4 Å². The normalized spacial score (nSPS) is 47.2. The lowest BCUT2D eigenvalue weighted by atomic mass is 9.52. The molecule has 0 aliphatic heterocycles. The van der Waals surface area contributed by atoms with Gasteiger partial charge in [-0.3, -0.25) is 0 Å². The molecule has 0 aromatic rings. The molecule has 4 bridgehead atoms. The van der Waals surface area contributed by atoms with E-state index in [2.05, 4.69) is 19.2 Å². The average molecular weight is 221 g/mol. The Hall–Kier alpha value is -0.0400. The topological polar surface area (TPSA) is 12.0 Å². The minimum atomic E-state index is 0.720. The minimum absolute atomic E-state index is 0.720. The third-order valence-electron chi connectivity index (χ3n) is 5.74. The zero-order chi connectivity index (χ0) is 11.1. The highest BCUT2D eigenvalue weighted by atomic mass is 14.9. The van der Waals surface area contributed by atoms with E-state index in [4.69, 9.17) is 0 Å². The predicted molar refractivity (Wildman–Crippen MR) is 68.3 cm³/mol. The van der Waals surface area contributed by atoms with Crippen LogP contribution in [0.15, 0.2) is 0 Å². The average Bonchev–Trinajstić information content (AvgIpc) is 2.26. The summed E-state index contributed by atoms with van der Waals surface area (Å²) in [7, 11) is 0. The molecule has 4 fully saturated rings. The number of hydrogen-bond acceptors (Lipinski definition) is 1. The Morgan fingerprint density at radius 3 is 2.06 bits per heavy atom. The number of nitrogens with one attached hydrogen (secondary N) is 1. The molecule has 0 aromatic carbocycles. The SMILES string of the molecule is CCC(C)NCC1C2CC3CC(C2)CC1C3. The molecule has 1 nitrogen and oxygen atoms in total. The zero-order valence-electron chi connectivity index (χ0n) is 10.9. The lowest BCUT2D eigenvalue weighted by Crippen LogP contribution is -2.49. The summed E-state index contributed by atoms with van der Waals surface area (Å²) in [6.45, 7) is 5.93. The predicted octanol–water partition coefficient (Wildman–Crippen LogP) is 3.45. The van der Waals surface area contributed by atoms with Crippen LogP contribution in [0, 0.1) is 29.6 Å². The van der Waals surface area contributed by atoms with Crippen molar-refractivity contribution in [2.75, 3.05) is 6.54 Å². The standard InChI is InChI=1S/C15H27N/c1-3-10(2)16-9-15-13-5-11-4-12(7-13)8-14(15)6-11/h10-16H,3-9H2,1-2H3. The maximum Gasteiger partial charge on any atom is 0.00362 e. The molecule has 1 atom stereocenters. The lowest BCUT2D eigenvalue weighted by molar-refractivity contribution is -0.0361. The van der Waals surface area contributed by atoms with Crippen LogP contribution < -0.4 is 5.32 Å². The van der Waals surface area contributed by atoms with Gasteiger partial charge < -0.3 is 5.32 Å². The fourth-order valence-electron chi connectivity index (χ4n) is 4.85. The van der Waals surface area contributed by atoms with Crippen LogP contribution in [-0.4, -0.2) is 12.6 Å². The molecule has 0 radical (unpaired) electrons. The van der Waals surface area contributed by atoms with E-state index in [-0.39, 0.29) is 0 Å². The van der Waals surface area contributed by atoms with E-state index in [0.717, 1.165) is 35.6 Å². The van der Waals surface area contributed by atoms with Crippen molar-refractivity contribution in [3.05, 3.63) is 0 Å². The highest BCUT2D eigenvalue weighted by Gasteiger charge is 2.47. The van der Waals surface area contributed by atoms with Crippen molar-refractivity contribution in [2.24, 2.45) is 29.6 Å². The highest BCUT2D eigenvalue weighted by Crippen LogP contribution is 2.56. The van der Waals surface area contributed by atoms with Crippen molar-refractivity contribution < 1.29 is 0 Å². The second-order valence-corrected chi connectivity index (χ2v) is 6.81. The molecule has 4 saturated carbocycles. The first-order chi connectivity index (χ1) is 7.76. The van der Waals surface area contributed by atoms with Gasteiger partial charge in [-0.05, 0) is 81.6 Å². The fraction of sp³-hybridized carbons (Fsp3) is 1.00. The van der Waals surface area contributed by atoms with E-state index in [1.165, 1.54) is 13.0 Å². The Kier molecular flexibility index (Phi) is 2.99. The van der Waals surface area contributed by atoms with E-state index in [1.54, 1.807) is 32.1 Å². The second kappa shape index (κ2) is 4.33. The van der Waals surface area contributed by atoms with Crippen molar-refractivity contribution in [3.63, 3.8) is 0 Å². The molecule has 0 amide bonds. The lowest BCUT2D eigenvalue weighted by Gasteiger charge is -2.54. The minimum Gasteiger partial charge on any atom is -0.314 e. The van der Waals surface area contributed by atoms with Crippen LogP contribution in [0.3, 0.4) is 0 Å². The Labute approximate surface area is 100 Å². The maximum atomic E-state index is 3.76. The first kappa shape index (κ1) is 11.1. The summed E-state index contributed by atoms with van der Waals surface area (Å²) in [5.74, 6) is 5.46. The van der Waals surface area contributed by atoms with Crippen LogP contribution in [0.2, 0.25) is 0 Å². The summed E-state index contributed by atoms with van der Waals surface area (Å²) in [5.41, 5.74) is 0. The summed E-state index contributed by atoms with van der Waals surface area (Å²) < 4.78 is 0. The fourth-order valence-corrected chi connectivity index (χ4v) is 4.85. The van der Waals surface area contributed by atoms with E-state index in [0.29, 0.717) is 0 Å². The van der Waals surface area contributed by atoms with Crippen molar-refractivity contribution in [1.29, 1.82) is 0 Å². The van der Waals surface area contributed by atoms with Crippen LogP contribution in [0.25, 0.3) is 0 Å². The molecule has 4 aliphatic rings. The second-order valence-electron chi connectivity index (χ2n) is 6.81. The molecule has 1 unspecified atom stereocenters. The Morgan fingerprint density at radius 1 is 1.00 bits per heavy atom. The summed E-state index contributed by atoms with van der Waals surface area (Å²) in [5, 5.41) is 3.76. The van der Waals surface area contributed by atoms with Gasteiger partial charge in [0.1, 0.15) is 0 Å². The molecule has 4 aliphatic carbocycles. The van der Waals surface area contributed by atoms with Gasteiger partial charge in [0, 0.05) is 6.04 Å². The number of hydrogen-bond donors (Lipinski definition) is 1. The molecule has 0 spiro atoms. The third-order valence-corrected chi connectivity index (χ3v) is 5.74. The van der Waals surface area contributed by atoms with Crippen molar-refractivity contribution in [3.8, 4) is 0 Å². The van der Waals surface area contributed by atoms with Crippen molar-refractivity contribution in [1.82, 2.24) is 5.32 Å². The first-order valence-corrected chi connectivity index (χ1v) is 7.49. The largest absolute Gasteiger partial charge is 0.314 e. The van der Waals surface area contributed by atoms with Crippen LogP contribution >= 0.6 is 0 Å².